The van der Waals surface area contributed by atoms with Crippen molar-refractivity contribution in [1.82, 2.24) is 4.90 Å². The van der Waals surface area contributed by atoms with Crippen LogP contribution in [-0.4, -0.2) is 44.7 Å². The third kappa shape index (κ3) is 3.45. The molecule has 0 saturated carbocycles. The number of piperidine rings is 1. The molecule has 106 valence electrons. The van der Waals surface area contributed by atoms with Crippen molar-refractivity contribution in [2.45, 2.75) is 25.3 Å². The van der Waals surface area contributed by atoms with Gasteiger partial charge in [0.05, 0.1) is 5.69 Å². The van der Waals surface area contributed by atoms with E-state index in [1.165, 1.54) is 6.42 Å². The zero-order valence-electron chi connectivity index (χ0n) is 11.9. The minimum atomic E-state index is -0.137. The number of benzene rings is 1. The summed E-state index contributed by atoms with van der Waals surface area (Å²) in [6.45, 7) is 2.70. The summed E-state index contributed by atoms with van der Waals surface area (Å²) in [5.41, 5.74) is 7.17. The van der Waals surface area contributed by atoms with E-state index in [0.29, 0.717) is 18.3 Å². The summed E-state index contributed by atoms with van der Waals surface area (Å²) in [6.07, 6.45) is 3.04. The average molecular weight is 265 g/mol. The van der Waals surface area contributed by atoms with Crippen LogP contribution >= 0.6 is 0 Å². The SMILES string of the molecule is CN1CCCC(N(C)c2ccc(CCN)cc2F)C1. The maximum absolute atomic E-state index is 14.2. The first-order valence-corrected chi connectivity index (χ1v) is 7.01. The summed E-state index contributed by atoms with van der Waals surface area (Å²) in [5, 5.41) is 0. The van der Waals surface area contributed by atoms with Crippen LogP contribution < -0.4 is 10.6 Å². The van der Waals surface area contributed by atoms with Crippen molar-refractivity contribution in [2.24, 2.45) is 5.73 Å². The monoisotopic (exact) mass is 265 g/mol. The van der Waals surface area contributed by atoms with E-state index in [0.717, 1.165) is 31.5 Å². The molecule has 0 amide bonds. The average Bonchev–Trinajstić information content (AvgIpc) is 2.38. The summed E-state index contributed by atoms with van der Waals surface area (Å²) in [4.78, 5) is 4.39. The normalized spacial score (nSPS) is 20.5. The Morgan fingerprint density at radius 1 is 1.47 bits per heavy atom. The first kappa shape index (κ1) is 14.3. The van der Waals surface area contributed by atoms with Crippen molar-refractivity contribution in [1.29, 1.82) is 0 Å². The number of halogens is 1. The summed E-state index contributed by atoms with van der Waals surface area (Å²) < 4.78 is 14.2. The molecule has 1 aliphatic rings. The molecule has 1 heterocycles. The molecule has 0 radical (unpaired) electrons. The molecule has 1 aliphatic heterocycles. The van der Waals surface area contributed by atoms with Crippen LogP contribution in [-0.2, 0) is 6.42 Å². The number of rotatable bonds is 4. The van der Waals surface area contributed by atoms with Crippen molar-refractivity contribution in [3.8, 4) is 0 Å². The standard InChI is InChI=1S/C15H24FN3/c1-18-9-3-4-13(11-18)19(2)15-6-5-12(7-8-17)10-14(15)16/h5-6,10,13H,3-4,7-9,11,17H2,1-2H3. The van der Waals surface area contributed by atoms with Crippen molar-refractivity contribution < 1.29 is 4.39 Å². The number of nitrogens with zero attached hydrogens (tertiary/aromatic N) is 2. The molecular weight excluding hydrogens is 241 g/mol. The fraction of sp³-hybridized carbons (Fsp3) is 0.600. The molecule has 1 aromatic rings. The molecule has 1 fully saturated rings. The summed E-state index contributed by atoms with van der Waals surface area (Å²) in [7, 11) is 4.12. The van der Waals surface area contributed by atoms with Gasteiger partial charge in [-0.3, -0.25) is 0 Å². The summed E-state index contributed by atoms with van der Waals surface area (Å²) >= 11 is 0. The van der Waals surface area contributed by atoms with Gasteiger partial charge in [-0.1, -0.05) is 6.07 Å². The fourth-order valence-electron chi connectivity index (χ4n) is 2.81. The highest BCUT2D eigenvalue weighted by molar-refractivity contribution is 5.49. The molecule has 19 heavy (non-hydrogen) atoms. The first-order valence-electron chi connectivity index (χ1n) is 7.01. The van der Waals surface area contributed by atoms with E-state index in [1.54, 1.807) is 6.07 Å². The molecule has 3 nitrogen and oxygen atoms in total. The van der Waals surface area contributed by atoms with E-state index >= 15 is 0 Å². The van der Waals surface area contributed by atoms with Crippen LogP contribution in [0.25, 0.3) is 0 Å². The molecule has 1 unspecified atom stereocenters. The molecule has 1 aromatic carbocycles. The molecule has 0 bridgehead atoms. The third-order valence-corrected chi connectivity index (χ3v) is 3.97. The van der Waals surface area contributed by atoms with Gasteiger partial charge >= 0.3 is 0 Å². The maximum atomic E-state index is 14.2. The molecule has 1 atom stereocenters. The van der Waals surface area contributed by atoms with Gasteiger partial charge < -0.3 is 15.5 Å². The maximum Gasteiger partial charge on any atom is 0.146 e. The van der Waals surface area contributed by atoms with E-state index in [9.17, 15) is 4.39 Å². The van der Waals surface area contributed by atoms with Gasteiger partial charge in [0.15, 0.2) is 0 Å². The number of anilines is 1. The number of hydrogen-bond donors (Lipinski definition) is 1. The second kappa shape index (κ2) is 6.35. The van der Waals surface area contributed by atoms with E-state index in [2.05, 4.69) is 16.8 Å². The molecule has 2 rings (SSSR count). The summed E-state index contributed by atoms with van der Waals surface area (Å²) in [6, 6.07) is 5.88. The van der Waals surface area contributed by atoms with Gasteiger partial charge in [-0.05, 0) is 57.1 Å². The van der Waals surface area contributed by atoms with Gasteiger partial charge in [-0.25, -0.2) is 4.39 Å². The van der Waals surface area contributed by atoms with E-state index in [1.807, 2.05) is 19.2 Å². The van der Waals surface area contributed by atoms with Crippen LogP contribution in [0.5, 0.6) is 0 Å². The molecule has 0 aliphatic carbocycles. The van der Waals surface area contributed by atoms with Gasteiger partial charge in [0.25, 0.3) is 0 Å². The number of likely N-dealkylation sites (N-methyl/N-ethyl adjacent to an activating group) is 2. The zero-order valence-corrected chi connectivity index (χ0v) is 11.9. The van der Waals surface area contributed by atoms with Crippen molar-refractivity contribution in [3.05, 3.63) is 29.6 Å². The number of hydrogen-bond acceptors (Lipinski definition) is 3. The Labute approximate surface area is 115 Å². The van der Waals surface area contributed by atoms with Gasteiger partial charge in [0.1, 0.15) is 5.82 Å². The Morgan fingerprint density at radius 2 is 2.26 bits per heavy atom. The highest BCUT2D eigenvalue weighted by Gasteiger charge is 2.22. The smallest absolute Gasteiger partial charge is 0.146 e. The Morgan fingerprint density at radius 3 is 2.89 bits per heavy atom. The fourth-order valence-corrected chi connectivity index (χ4v) is 2.81. The van der Waals surface area contributed by atoms with Crippen LogP contribution in [0.3, 0.4) is 0 Å². The lowest BCUT2D eigenvalue weighted by atomic mass is 10.0. The number of likely N-dealkylation sites (tertiary alicyclic amines) is 1. The lowest BCUT2D eigenvalue weighted by Gasteiger charge is -2.37. The van der Waals surface area contributed by atoms with Crippen LogP contribution in [0.15, 0.2) is 18.2 Å². The van der Waals surface area contributed by atoms with Crippen molar-refractivity contribution >= 4 is 5.69 Å². The molecular formula is C15H24FN3. The van der Waals surface area contributed by atoms with Gasteiger partial charge in [0.2, 0.25) is 0 Å². The minimum Gasteiger partial charge on any atom is -0.368 e. The Kier molecular flexibility index (Phi) is 4.77. The Balaban J connectivity index is 2.12. The predicted molar refractivity (Wildman–Crippen MR) is 78.1 cm³/mol. The molecule has 0 spiro atoms. The van der Waals surface area contributed by atoms with E-state index in [-0.39, 0.29) is 5.82 Å². The van der Waals surface area contributed by atoms with E-state index in [4.69, 9.17) is 5.73 Å². The topological polar surface area (TPSA) is 32.5 Å². The summed E-state index contributed by atoms with van der Waals surface area (Å²) in [5.74, 6) is -0.137. The predicted octanol–water partition coefficient (Wildman–Crippen LogP) is 1.86. The van der Waals surface area contributed by atoms with Crippen LogP contribution in [0, 0.1) is 5.82 Å². The minimum absolute atomic E-state index is 0.137. The Bertz CT molecular complexity index is 422. The molecule has 0 aromatic heterocycles. The highest BCUT2D eigenvalue weighted by Crippen LogP contribution is 2.24. The van der Waals surface area contributed by atoms with Gasteiger partial charge in [-0.15, -0.1) is 0 Å². The van der Waals surface area contributed by atoms with Gasteiger partial charge in [-0.2, -0.15) is 0 Å². The molecule has 1 saturated heterocycles. The van der Waals surface area contributed by atoms with Gasteiger partial charge in [0, 0.05) is 19.6 Å². The second-order valence-electron chi connectivity index (χ2n) is 5.49. The molecule has 2 N–H and O–H groups in total. The Hall–Kier alpha value is -1.13. The lowest BCUT2D eigenvalue weighted by molar-refractivity contribution is 0.247. The third-order valence-electron chi connectivity index (χ3n) is 3.97. The van der Waals surface area contributed by atoms with Crippen LogP contribution in [0.2, 0.25) is 0 Å². The van der Waals surface area contributed by atoms with E-state index < -0.39 is 0 Å². The molecule has 4 heteroatoms. The van der Waals surface area contributed by atoms with Crippen molar-refractivity contribution in [3.63, 3.8) is 0 Å². The number of nitrogens with two attached hydrogens (primary N) is 1. The second-order valence-corrected chi connectivity index (χ2v) is 5.49. The van der Waals surface area contributed by atoms with Crippen LogP contribution in [0.1, 0.15) is 18.4 Å². The zero-order chi connectivity index (χ0) is 13.8. The quantitative estimate of drug-likeness (QED) is 0.902. The van der Waals surface area contributed by atoms with Crippen LogP contribution in [0.4, 0.5) is 10.1 Å². The highest BCUT2D eigenvalue weighted by atomic mass is 19.1. The van der Waals surface area contributed by atoms with Crippen molar-refractivity contribution in [2.75, 3.05) is 38.6 Å². The first-order chi connectivity index (χ1) is 9.11. The largest absolute Gasteiger partial charge is 0.368 e. The lowest BCUT2D eigenvalue weighted by Crippen LogP contribution is -2.45.